The van der Waals surface area contributed by atoms with Gasteiger partial charge in [0.15, 0.2) is 6.54 Å². The van der Waals surface area contributed by atoms with E-state index in [9.17, 15) is 9.59 Å². The van der Waals surface area contributed by atoms with Crippen molar-refractivity contribution < 1.29 is 18.8 Å². The number of para-hydroxylation sites is 1. The van der Waals surface area contributed by atoms with Gasteiger partial charge in [0.05, 0.1) is 13.1 Å². The van der Waals surface area contributed by atoms with Gasteiger partial charge in [-0.05, 0) is 45.2 Å². The molecule has 134 valence electrons. The summed E-state index contributed by atoms with van der Waals surface area (Å²) in [6.45, 7) is 11.9. The fraction of sp³-hybridized carbons (Fsp3) is 0.579. The number of ether oxygens (including phenoxy) is 1. The second kappa shape index (κ2) is 9.42. The number of carbonyl (C=O) groups excluding carboxylic acids is 2. The summed E-state index contributed by atoms with van der Waals surface area (Å²) in [6.07, 6.45) is 1.19. The van der Waals surface area contributed by atoms with Crippen LogP contribution in [0.3, 0.4) is 0 Å². The third kappa shape index (κ3) is 5.64. The van der Waals surface area contributed by atoms with Gasteiger partial charge in [0.25, 0.3) is 5.91 Å². The molecule has 0 aliphatic carbocycles. The lowest BCUT2D eigenvalue weighted by atomic mass is 10.1. The molecule has 0 aliphatic rings. The highest BCUT2D eigenvalue weighted by molar-refractivity contribution is 5.93. The molecule has 0 spiro atoms. The SMILES string of the molecule is CCCC(=O)OC[N+](CC)(CC)CC(=O)Nc1c(C)cccc1C. The van der Waals surface area contributed by atoms with Crippen LogP contribution in [0.5, 0.6) is 0 Å². The Morgan fingerprint density at radius 2 is 1.67 bits per heavy atom. The van der Waals surface area contributed by atoms with Crippen molar-refractivity contribution in [2.75, 3.05) is 31.7 Å². The first-order chi connectivity index (χ1) is 11.4. The number of aryl methyl sites for hydroxylation is 2. The minimum atomic E-state index is -0.197. The van der Waals surface area contributed by atoms with Gasteiger partial charge in [0.2, 0.25) is 6.73 Å². The van der Waals surface area contributed by atoms with Crippen molar-refractivity contribution in [2.45, 2.75) is 47.5 Å². The quantitative estimate of drug-likeness (QED) is 0.427. The maximum Gasteiger partial charge on any atom is 0.310 e. The van der Waals surface area contributed by atoms with Gasteiger partial charge in [0, 0.05) is 12.1 Å². The zero-order valence-electron chi connectivity index (χ0n) is 15.6. The molecule has 1 aromatic carbocycles. The molecule has 1 aromatic rings. The summed E-state index contributed by atoms with van der Waals surface area (Å²) < 4.78 is 5.82. The van der Waals surface area contributed by atoms with Crippen molar-refractivity contribution in [1.82, 2.24) is 0 Å². The highest BCUT2D eigenvalue weighted by atomic mass is 16.5. The Bertz CT molecular complexity index is 545. The molecule has 0 aliphatic heterocycles. The predicted molar refractivity (Wildman–Crippen MR) is 96.6 cm³/mol. The summed E-state index contributed by atoms with van der Waals surface area (Å²) in [7, 11) is 0. The summed E-state index contributed by atoms with van der Waals surface area (Å²) in [6, 6.07) is 5.94. The van der Waals surface area contributed by atoms with Crippen LogP contribution in [0.1, 0.15) is 44.7 Å². The zero-order chi connectivity index (χ0) is 18.2. The van der Waals surface area contributed by atoms with E-state index >= 15 is 0 Å². The van der Waals surface area contributed by atoms with E-state index in [0.717, 1.165) is 36.3 Å². The Morgan fingerprint density at radius 3 is 2.17 bits per heavy atom. The second-order valence-corrected chi connectivity index (χ2v) is 6.34. The fourth-order valence-electron chi connectivity index (χ4n) is 2.66. The summed E-state index contributed by atoms with van der Waals surface area (Å²) in [5.41, 5.74) is 2.96. The predicted octanol–water partition coefficient (Wildman–Crippen LogP) is 3.40. The lowest BCUT2D eigenvalue weighted by Crippen LogP contribution is -2.53. The molecule has 0 saturated carbocycles. The molecule has 0 saturated heterocycles. The average Bonchev–Trinajstić information content (AvgIpc) is 2.55. The van der Waals surface area contributed by atoms with Gasteiger partial charge < -0.3 is 10.1 Å². The molecule has 5 heteroatoms. The number of anilines is 1. The highest BCUT2D eigenvalue weighted by Crippen LogP contribution is 2.20. The van der Waals surface area contributed by atoms with Crippen LogP contribution in [0.2, 0.25) is 0 Å². The standard InChI is InChI=1S/C19H30N2O3/c1-6-10-18(23)24-14-21(7-2,8-3)13-17(22)20-19-15(4)11-9-12-16(19)5/h9,11-12H,6-8,10,13-14H2,1-5H3/p+1. The van der Waals surface area contributed by atoms with E-state index in [4.69, 9.17) is 4.74 Å². The third-order valence-electron chi connectivity index (χ3n) is 4.52. The van der Waals surface area contributed by atoms with E-state index in [1.165, 1.54) is 0 Å². The number of rotatable bonds is 9. The molecule has 5 nitrogen and oxygen atoms in total. The lowest BCUT2D eigenvalue weighted by Gasteiger charge is -2.35. The van der Waals surface area contributed by atoms with Crippen LogP contribution < -0.4 is 5.32 Å². The van der Waals surface area contributed by atoms with Crippen LogP contribution in [0, 0.1) is 13.8 Å². The Morgan fingerprint density at radius 1 is 1.08 bits per heavy atom. The number of hydrogen-bond acceptors (Lipinski definition) is 3. The maximum atomic E-state index is 12.6. The molecule has 1 N–H and O–H groups in total. The Hall–Kier alpha value is -1.88. The Balaban J connectivity index is 2.76. The molecule has 24 heavy (non-hydrogen) atoms. The first-order valence-electron chi connectivity index (χ1n) is 8.74. The maximum absolute atomic E-state index is 12.6. The molecule has 0 atom stereocenters. The smallest absolute Gasteiger partial charge is 0.310 e. The minimum absolute atomic E-state index is 0.0531. The number of nitrogens with one attached hydrogen (secondary N) is 1. The molecule has 1 amide bonds. The molecule has 0 aromatic heterocycles. The lowest BCUT2D eigenvalue weighted by molar-refractivity contribution is -0.933. The van der Waals surface area contributed by atoms with Crippen molar-refractivity contribution in [3.63, 3.8) is 0 Å². The molecule has 0 radical (unpaired) electrons. The summed E-state index contributed by atoms with van der Waals surface area (Å²) in [5, 5.41) is 3.02. The minimum Gasteiger partial charge on any atom is -0.415 e. The van der Waals surface area contributed by atoms with Crippen molar-refractivity contribution in [3.05, 3.63) is 29.3 Å². The van der Waals surface area contributed by atoms with Crippen LogP contribution in [-0.2, 0) is 14.3 Å². The molecular weight excluding hydrogens is 304 g/mol. The topological polar surface area (TPSA) is 55.4 Å². The largest absolute Gasteiger partial charge is 0.415 e. The number of hydrogen-bond donors (Lipinski definition) is 1. The normalized spacial score (nSPS) is 11.2. The average molecular weight is 335 g/mol. The molecule has 0 heterocycles. The highest BCUT2D eigenvalue weighted by Gasteiger charge is 2.29. The first kappa shape index (κ1) is 20.2. The monoisotopic (exact) mass is 335 g/mol. The van der Waals surface area contributed by atoms with Crippen molar-refractivity contribution in [3.8, 4) is 0 Å². The number of benzene rings is 1. The Labute approximate surface area is 145 Å². The third-order valence-corrected chi connectivity index (χ3v) is 4.52. The Kier molecular flexibility index (Phi) is 7.92. The number of nitrogens with zero attached hydrogens (tertiary/aromatic N) is 1. The molecule has 0 unspecified atom stereocenters. The van der Waals surface area contributed by atoms with Crippen LogP contribution >= 0.6 is 0 Å². The number of carbonyl (C=O) groups is 2. The van der Waals surface area contributed by atoms with E-state index in [1.807, 2.05) is 52.8 Å². The first-order valence-corrected chi connectivity index (χ1v) is 8.74. The molecule has 0 bridgehead atoms. The van der Waals surface area contributed by atoms with Gasteiger partial charge in [0.1, 0.15) is 0 Å². The second-order valence-electron chi connectivity index (χ2n) is 6.34. The van der Waals surface area contributed by atoms with E-state index < -0.39 is 0 Å². The summed E-state index contributed by atoms with van der Waals surface area (Å²) in [5.74, 6) is -0.250. The van der Waals surface area contributed by atoms with Crippen molar-refractivity contribution in [1.29, 1.82) is 0 Å². The van der Waals surface area contributed by atoms with Gasteiger partial charge in [-0.1, -0.05) is 25.1 Å². The molecular formula is C19H31N2O3+. The number of esters is 1. The van der Waals surface area contributed by atoms with Crippen molar-refractivity contribution in [2.24, 2.45) is 0 Å². The van der Waals surface area contributed by atoms with Gasteiger partial charge in [-0.2, -0.15) is 0 Å². The van der Waals surface area contributed by atoms with Gasteiger partial charge in [-0.3, -0.25) is 14.1 Å². The van der Waals surface area contributed by atoms with Gasteiger partial charge in [-0.25, -0.2) is 0 Å². The number of amides is 1. The number of quaternary nitrogens is 1. The van der Waals surface area contributed by atoms with Crippen molar-refractivity contribution >= 4 is 17.6 Å². The van der Waals surface area contributed by atoms with Gasteiger partial charge >= 0.3 is 5.97 Å². The van der Waals surface area contributed by atoms with E-state index in [-0.39, 0.29) is 18.6 Å². The molecule has 0 fully saturated rings. The molecule has 1 rings (SSSR count). The number of likely N-dealkylation sites (N-methyl/N-ethyl adjacent to an activating group) is 1. The summed E-state index contributed by atoms with van der Waals surface area (Å²) in [4.78, 5) is 24.2. The van der Waals surface area contributed by atoms with E-state index in [2.05, 4.69) is 5.32 Å². The summed E-state index contributed by atoms with van der Waals surface area (Å²) >= 11 is 0. The van der Waals surface area contributed by atoms with Crippen LogP contribution in [0.4, 0.5) is 5.69 Å². The zero-order valence-corrected chi connectivity index (χ0v) is 15.6. The fourth-order valence-corrected chi connectivity index (χ4v) is 2.66. The van der Waals surface area contributed by atoms with E-state index in [0.29, 0.717) is 17.4 Å². The van der Waals surface area contributed by atoms with Gasteiger partial charge in [-0.15, -0.1) is 0 Å². The van der Waals surface area contributed by atoms with E-state index in [1.54, 1.807) is 0 Å². The van der Waals surface area contributed by atoms with Crippen LogP contribution in [0.25, 0.3) is 0 Å². The van der Waals surface area contributed by atoms with Crippen LogP contribution in [-0.4, -0.2) is 42.7 Å². The van der Waals surface area contributed by atoms with Crippen LogP contribution in [0.15, 0.2) is 18.2 Å².